The third-order valence-corrected chi connectivity index (χ3v) is 2.40. The Morgan fingerprint density at radius 3 is 2.28 bits per heavy atom. The Bertz CT molecular complexity index is 306. The van der Waals surface area contributed by atoms with Gasteiger partial charge in [0.1, 0.15) is 0 Å². The zero-order valence-electron chi connectivity index (χ0n) is 10.7. The quantitative estimate of drug-likeness (QED) is 0.521. The Labute approximate surface area is 106 Å². The van der Waals surface area contributed by atoms with Gasteiger partial charge in [0.05, 0.1) is 12.3 Å². The fourth-order valence-corrected chi connectivity index (χ4v) is 1.40. The van der Waals surface area contributed by atoms with Gasteiger partial charge in [-0.05, 0) is 0 Å². The van der Waals surface area contributed by atoms with E-state index in [2.05, 4.69) is 5.32 Å². The summed E-state index contributed by atoms with van der Waals surface area (Å²) in [5.74, 6) is -2.59. The van der Waals surface area contributed by atoms with Gasteiger partial charge in [-0.1, -0.05) is 6.92 Å². The average Bonchev–Trinajstić information content (AvgIpc) is 2.24. The lowest BCUT2D eigenvalue weighted by Crippen LogP contribution is -2.39. The van der Waals surface area contributed by atoms with Crippen LogP contribution in [0.25, 0.3) is 0 Å². The summed E-state index contributed by atoms with van der Waals surface area (Å²) in [6.07, 6.45) is -0.0492. The predicted octanol–water partition coefficient (Wildman–Crippen LogP) is -0.380. The second kappa shape index (κ2) is 8.46. The summed E-state index contributed by atoms with van der Waals surface area (Å²) in [4.78, 5) is 33.7. The van der Waals surface area contributed by atoms with Crippen molar-refractivity contribution in [3.05, 3.63) is 0 Å². The maximum Gasteiger partial charge on any atom is 0.307 e. The maximum absolute atomic E-state index is 10.7. The molecule has 0 aromatic rings. The van der Waals surface area contributed by atoms with Crippen molar-refractivity contribution in [2.75, 3.05) is 26.2 Å². The van der Waals surface area contributed by atoms with Gasteiger partial charge in [-0.3, -0.25) is 14.4 Å². The van der Waals surface area contributed by atoms with Gasteiger partial charge in [0.15, 0.2) is 0 Å². The zero-order valence-corrected chi connectivity index (χ0v) is 10.7. The smallest absolute Gasteiger partial charge is 0.307 e. The van der Waals surface area contributed by atoms with E-state index < -0.39 is 17.9 Å². The molecule has 0 aliphatic heterocycles. The molecule has 0 bridgehead atoms. The lowest BCUT2D eigenvalue weighted by molar-refractivity contribution is -0.141. The van der Waals surface area contributed by atoms with E-state index in [1.165, 1.54) is 6.92 Å². The lowest BCUT2D eigenvalue weighted by Gasteiger charge is -2.23. The van der Waals surface area contributed by atoms with Crippen LogP contribution in [0.2, 0.25) is 0 Å². The number of hydrogen-bond donors (Lipinski definition) is 3. The van der Waals surface area contributed by atoms with E-state index >= 15 is 0 Å². The number of carboxylic acids is 2. The van der Waals surface area contributed by atoms with Crippen molar-refractivity contribution in [3.63, 3.8) is 0 Å². The largest absolute Gasteiger partial charge is 0.481 e. The molecular formula is C11H20N2O5. The molecule has 104 valence electrons. The molecule has 0 spiro atoms. The number of carboxylic acid groups (broad SMARTS) is 2. The first-order valence-electron chi connectivity index (χ1n) is 5.74. The molecule has 0 rings (SSSR count). The molecule has 1 amide bonds. The molecule has 1 atom stereocenters. The van der Waals surface area contributed by atoms with Gasteiger partial charge in [0.2, 0.25) is 5.91 Å². The van der Waals surface area contributed by atoms with Crippen molar-refractivity contribution in [1.29, 1.82) is 0 Å². The molecule has 0 aromatic heterocycles. The van der Waals surface area contributed by atoms with Crippen LogP contribution in [-0.4, -0.2) is 59.1 Å². The van der Waals surface area contributed by atoms with E-state index in [-0.39, 0.29) is 25.4 Å². The molecule has 7 heteroatoms. The summed E-state index contributed by atoms with van der Waals surface area (Å²) in [6.45, 7) is 4.30. The highest BCUT2D eigenvalue weighted by Crippen LogP contribution is 2.01. The zero-order chi connectivity index (χ0) is 14.1. The normalized spacial score (nSPS) is 12.2. The van der Waals surface area contributed by atoms with Crippen LogP contribution in [0, 0.1) is 5.92 Å². The molecule has 0 aliphatic rings. The van der Waals surface area contributed by atoms with Crippen LogP contribution >= 0.6 is 0 Å². The van der Waals surface area contributed by atoms with Gasteiger partial charge in [0.25, 0.3) is 0 Å². The molecular weight excluding hydrogens is 240 g/mol. The molecule has 0 radical (unpaired) electrons. The summed E-state index contributed by atoms with van der Waals surface area (Å²) in [5.41, 5.74) is 0. The van der Waals surface area contributed by atoms with Gasteiger partial charge < -0.3 is 20.4 Å². The Morgan fingerprint density at radius 1 is 1.22 bits per heavy atom. The van der Waals surface area contributed by atoms with Crippen molar-refractivity contribution in [2.24, 2.45) is 5.92 Å². The Hall–Kier alpha value is -1.63. The van der Waals surface area contributed by atoms with Crippen LogP contribution in [0.3, 0.4) is 0 Å². The van der Waals surface area contributed by atoms with Gasteiger partial charge in [-0.15, -0.1) is 0 Å². The SMILES string of the molecule is CC(=O)NCCN(CCC(=O)O)CC(C)C(=O)O. The minimum absolute atomic E-state index is 0.0492. The minimum Gasteiger partial charge on any atom is -0.481 e. The second-order valence-electron chi connectivity index (χ2n) is 4.17. The first-order chi connectivity index (χ1) is 8.32. The van der Waals surface area contributed by atoms with E-state index in [4.69, 9.17) is 10.2 Å². The lowest BCUT2D eigenvalue weighted by atomic mass is 10.1. The van der Waals surface area contributed by atoms with E-state index in [0.29, 0.717) is 13.1 Å². The standard InChI is InChI=1S/C11H20N2O5/c1-8(11(17)18)7-13(5-3-10(15)16)6-4-12-9(2)14/h8H,3-7H2,1-2H3,(H,12,14)(H,15,16)(H,17,18). The molecule has 1 unspecified atom stereocenters. The topological polar surface area (TPSA) is 107 Å². The van der Waals surface area contributed by atoms with Crippen molar-refractivity contribution in [3.8, 4) is 0 Å². The molecule has 0 fully saturated rings. The first kappa shape index (κ1) is 16.4. The summed E-state index contributed by atoms with van der Waals surface area (Å²) in [6, 6.07) is 0. The van der Waals surface area contributed by atoms with E-state index in [9.17, 15) is 14.4 Å². The minimum atomic E-state index is -0.928. The number of carbonyl (C=O) groups excluding carboxylic acids is 1. The Balaban J connectivity index is 4.18. The highest BCUT2D eigenvalue weighted by molar-refractivity contribution is 5.72. The second-order valence-corrected chi connectivity index (χ2v) is 4.17. The molecule has 0 aromatic carbocycles. The van der Waals surface area contributed by atoms with Crippen LogP contribution < -0.4 is 5.32 Å². The number of aliphatic carboxylic acids is 2. The highest BCUT2D eigenvalue weighted by atomic mass is 16.4. The number of nitrogens with one attached hydrogen (secondary N) is 1. The highest BCUT2D eigenvalue weighted by Gasteiger charge is 2.16. The summed E-state index contributed by atoms with van der Waals surface area (Å²) in [7, 11) is 0. The van der Waals surface area contributed by atoms with Gasteiger partial charge >= 0.3 is 11.9 Å². The third-order valence-electron chi connectivity index (χ3n) is 2.40. The molecule has 3 N–H and O–H groups in total. The number of nitrogens with zero attached hydrogens (tertiary/aromatic N) is 1. The molecule has 0 saturated carbocycles. The molecule has 0 aliphatic carbocycles. The fraction of sp³-hybridized carbons (Fsp3) is 0.727. The van der Waals surface area contributed by atoms with Crippen molar-refractivity contribution >= 4 is 17.8 Å². The van der Waals surface area contributed by atoms with Gasteiger partial charge in [0, 0.05) is 33.1 Å². The van der Waals surface area contributed by atoms with Crippen LogP contribution in [0.4, 0.5) is 0 Å². The monoisotopic (exact) mass is 260 g/mol. The summed E-state index contributed by atoms with van der Waals surface area (Å²) < 4.78 is 0. The summed E-state index contributed by atoms with van der Waals surface area (Å²) in [5, 5.41) is 20.0. The van der Waals surface area contributed by atoms with E-state index in [0.717, 1.165) is 0 Å². The van der Waals surface area contributed by atoms with Crippen molar-refractivity contribution in [2.45, 2.75) is 20.3 Å². The first-order valence-corrected chi connectivity index (χ1v) is 5.74. The fourth-order valence-electron chi connectivity index (χ4n) is 1.40. The molecule has 0 saturated heterocycles. The van der Waals surface area contributed by atoms with Crippen molar-refractivity contribution < 1.29 is 24.6 Å². The Kier molecular flexibility index (Phi) is 7.69. The predicted molar refractivity (Wildman–Crippen MR) is 64.2 cm³/mol. The number of amides is 1. The number of carbonyl (C=O) groups is 3. The van der Waals surface area contributed by atoms with E-state index in [1.54, 1.807) is 11.8 Å². The number of rotatable bonds is 9. The Morgan fingerprint density at radius 2 is 1.83 bits per heavy atom. The molecule has 0 heterocycles. The van der Waals surface area contributed by atoms with Crippen molar-refractivity contribution in [1.82, 2.24) is 10.2 Å². The van der Waals surface area contributed by atoms with Crippen LogP contribution in [0.5, 0.6) is 0 Å². The van der Waals surface area contributed by atoms with Gasteiger partial charge in [-0.2, -0.15) is 0 Å². The maximum atomic E-state index is 10.7. The third kappa shape index (κ3) is 8.51. The molecule has 18 heavy (non-hydrogen) atoms. The van der Waals surface area contributed by atoms with Gasteiger partial charge in [-0.25, -0.2) is 0 Å². The van der Waals surface area contributed by atoms with Crippen LogP contribution in [0.15, 0.2) is 0 Å². The van der Waals surface area contributed by atoms with Crippen LogP contribution in [0.1, 0.15) is 20.3 Å². The molecule has 7 nitrogen and oxygen atoms in total. The van der Waals surface area contributed by atoms with Crippen LogP contribution in [-0.2, 0) is 14.4 Å². The number of hydrogen-bond acceptors (Lipinski definition) is 4. The average molecular weight is 260 g/mol. The van der Waals surface area contributed by atoms with E-state index in [1.807, 2.05) is 0 Å². The summed E-state index contributed by atoms with van der Waals surface area (Å²) >= 11 is 0.